The van der Waals surface area contributed by atoms with Gasteiger partial charge in [0.25, 0.3) is 0 Å². The summed E-state index contributed by atoms with van der Waals surface area (Å²) in [6, 6.07) is 15.4. The molecule has 1 saturated heterocycles. The van der Waals surface area contributed by atoms with Crippen molar-refractivity contribution in [3.8, 4) is 11.5 Å². The zero-order valence-corrected chi connectivity index (χ0v) is 16.0. The van der Waals surface area contributed by atoms with Gasteiger partial charge in [-0.2, -0.15) is 0 Å². The van der Waals surface area contributed by atoms with Crippen molar-refractivity contribution >= 4 is 29.1 Å². The molecule has 0 saturated carbocycles. The molecule has 1 aliphatic rings. The van der Waals surface area contributed by atoms with Gasteiger partial charge in [0.15, 0.2) is 12.2 Å². The maximum Gasteiger partial charge on any atom is 0.358 e. The van der Waals surface area contributed by atoms with Gasteiger partial charge in [-0.1, -0.05) is 29.8 Å². The average molecular weight is 411 g/mol. The summed E-state index contributed by atoms with van der Waals surface area (Å²) in [6.45, 7) is 1.65. The minimum absolute atomic E-state index is 0.243. The molecule has 1 heterocycles. The first-order chi connectivity index (χ1) is 12.9. The third kappa shape index (κ3) is 5.09. The molecule has 0 unspecified atom stereocenters. The molecule has 2 aromatic rings. The highest BCUT2D eigenvalue weighted by molar-refractivity contribution is 7.79. The molecule has 0 radical (unpaired) electrons. The molecule has 144 valence electrons. The maximum absolute atomic E-state index is 10.6. The van der Waals surface area contributed by atoms with Crippen molar-refractivity contribution in [1.82, 2.24) is 0 Å². The Morgan fingerprint density at radius 1 is 1.00 bits per heavy atom. The Morgan fingerprint density at radius 2 is 1.67 bits per heavy atom. The molecular weight excluding hydrogens is 392 g/mol. The van der Waals surface area contributed by atoms with Gasteiger partial charge in [-0.25, -0.2) is 0 Å². The zero-order chi connectivity index (χ0) is 19.4. The Balaban J connectivity index is 1.66. The summed E-state index contributed by atoms with van der Waals surface area (Å²) in [6.07, 6.45) is -5.17. The van der Waals surface area contributed by atoms with Gasteiger partial charge < -0.3 is 29.2 Å². The topological polar surface area (TPSA) is 77.4 Å². The minimum Gasteiger partial charge on any atom is -0.462 e. The summed E-state index contributed by atoms with van der Waals surface area (Å²) in [7, 11) is 0. The fraction of sp³-hybridized carbons (Fsp3) is 0.316. The van der Waals surface area contributed by atoms with Crippen LogP contribution in [0.4, 0.5) is 0 Å². The van der Waals surface area contributed by atoms with Gasteiger partial charge in [-0.3, -0.25) is 0 Å². The molecule has 2 aromatic carbocycles. The summed E-state index contributed by atoms with van der Waals surface area (Å²) in [4.78, 5) is 0. The van der Waals surface area contributed by atoms with E-state index in [2.05, 4.69) is 0 Å². The number of ether oxygens (including phenoxy) is 4. The van der Waals surface area contributed by atoms with E-state index in [4.69, 9.17) is 42.8 Å². The predicted octanol–water partition coefficient (Wildman–Crippen LogP) is 2.93. The molecular formula is C19H19ClO6S. The Hall–Kier alpha value is -1.90. The number of aliphatic hydroxyl groups is 2. The van der Waals surface area contributed by atoms with Gasteiger partial charge in [-0.15, -0.1) is 0 Å². The predicted molar refractivity (Wildman–Crippen MR) is 103 cm³/mol. The van der Waals surface area contributed by atoms with Crippen LogP contribution < -0.4 is 9.47 Å². The van der Waals surface area contributed by atoms with E-state index >= 15 is 0 Å². The Bertz CT molecular complexity index is 757. The van der Waals surface area contributed by atoms with Gasteiger partial charge in [0.1, 0.15) is 17.6 Å². The Kier molecular flexibility index (Phi) is 6.51. The largest absolute Gasteiger partial charge is 0.462 e. The van der Waals surface area contributed by atoms with E-state index < -0.39 is 30.7 Å². The number of hydrogen-bond acceptors (Lipinski definition) is 7. The van der Waals surface area contributed by atoms with Crippen LogP contribution >= 0.6 is 23.8 Å². The van der Waals surface area contributed by atoms with Crippen LogP contribution in [0.2, 0.25) is 5.02 Å². The van der Waals surface area contributed by atoms with E-state index in [1.165, 1.54) is 0 Å². The molecule has 8 heteroatoms. The quantitative estimate of drug-likeness (QED) is 0.750. The summed E-state index contributed by atoms with van der Waals surface area (Å²) < 4.78 is 22.1. The first-order valence-electron chi connectivity index (χ1n) is 8.31. The van der Waals surface area contributed by atoms with Crippen molar-refractivity contribution in [2.75, 3.05) is 0 Å². The van der Waals surface area contributed by atoms with Crippen molar-refractivity contribution in [1.29, 1.82) is 0 Å². The van der Waals surface area contributed by atoms with E-state index in [1.807, 2.05) is 6.07 Å². The number of aliphatic hydroxyl groups excluding tert-OH is 2. The van der Waals surface area contributed by atoms with E-state index in [-0.39, 0.29) is 5.24 Å². The number of rotatable bonds is 4. The second-order valence-electron chi connectivity index (χ2n) is 6.01. The van der Waals surface area contributed by atoms with Crippen molar-refractivity contribution < 1.29 is 29.2 Å². The number of para-hydroxylation sites is 1. The van der Waals surface area contributed by atoms with E-state index in [9.17, 15) is 10.2 Å². The molecule has 0 aliphatic carbocycles. The molecule has 1 fully saturated rings. The third-order valence-electron chi connectivity index (χ3n) is 4.02. The van der Waals surface area contributed by atoms with Crippen LogP contribution in [0.5, 0.6) is 11.5 Å². The highest BCUT2D eigenvalue weighted by atomic mass is 35.5. The van der Waals surface area contributed by atoms with Crippen LogP contribution in [0.1, 0.15) is 6.92 Å². The SMILES string of the molecule is C[C@@H]1O[C@@H](Oc2ccccc2)[C@H](O)[C@H](OC(=S)Oc2ccc(Cl)cc2)[C@H]1O. The van der Waals surface area contributed by atoms with E-state index in [0.29, 0.717) is 16.5 Å². The second kappa shape index (κ2) is 8.86. The number of thiocarbonyl (C=S) groups is 1. The van der Waals surface area contributed by atoms with Gasteiger partial charge in [-0.05, 0) is 43.3 Å². The first-order valence-corrected chi connectivity index (χ1v) is 9.10. The zero-order valence-electron chi connectivity index (χ0n) is 14.4. The number of benzene rings is 2. The lowest BCUT2D eigenvalue weighted by molar-refractivity contribution is -0.266. The van der Waals surface area contributed by atoms with Crippen molar-refractivity contribution in [3.63, 3.8) is 0 Å². The molecule has 0 spiro atoms. The average Bonchev–Trinajstić information content (AvgIpc) is 2.66. The molecule has 0 aromatic heterocycles. The second-order valence-corrected chi connectivity index (χ2v) is 6.78. The summed E-state index contributed by atoms with van der Waals surface area (Å²) >= 11 is 10.9. The number of halogens is 1. The van der Waals surface area contributed by atoms with Crippen LogP contribution in [-0.4, -0.2) is 46.2 Å². The van der Waals surface area contributed by atoms with Crippen LogP contribution in [0, 0.1) is 0 Å². The Morgan fingerprint density at radius 3 is 2.33 bits per heavy atom. The minimum atomic E-state index is -1.29. The summed E-state index contributed by atoms with van der Waals surface area (Å²) in [5.41, 5.74) is 0. The molecule has 0 bridgehead atoms. The molecule has 1 aliphatic heterocycles. The maximum atomic E-state index is 10.6. The van der Waals surface area contributed by atoms with Crippen molar-refractivity contribution in [2.45, 2.75) is 37.6 Å². The Labute approximate surface area is 167 Å². The molecule has 3 rings (SSSR count). The molecule has 0 amide bonds. The molecule has 6 nitrogen and oxygen atoms in total. The lowest BCUT2D eigenvalue weighted by Crippen LogP contribution is -2.59. The van der Waals surface area contributed by atoms with Crippen LogP contribution in [0.3, 0.4) is 0 Å². The van der Waals surface area contributed by atoms with Crippen molar-refractivity contribution in [3.05, 3.63) is 59.6 Å². The lowest BCUT2D eigenvalue weighted by atomic mass is 10.00. The molecule has 27 heavy (non-hydrogen) atoms. The van der Waals surface area contributed by atoms with Crippen molar-refractivity contribution in [2.24, 2.45) is 0 Å². The summed E-state index contributed by atoms with van der Waals surface area (Å²) in [5.74, 6) is 0.939. The van der Waals surface area contributed by atoms with Gasteiger partial charge in [0.05, 0.1) is 6.10 Å². The smallest absolute Gasteiger partial charge is 0.358 e. The van der Waals surface area contributed by atoms with E-state index in [1.54, 1.807) is 55.5 Å². The summed E-state index contributed by atoms with van der Waals surface area (Å²) in [5, 5.41) is 21.2. The fourth-order valence-electron chi connectivity index (χ4n) is 2.60. The molecule has 2 N–H and O–H groups in total. The van der Waals surface area contributed by atoms with Crippen LogP contribution in [0.25, 0.3) is 0 Å². The molecule has 5 atom stereocenters. The fourth-order valence-corrected chi connectivity index (χ4v) is 2.93. The first kappa shape index (κ1) is 19.9. The highest BCUT2D eigenvalue weighted by Crippen LogP contribution is 2.26. The standard InChI is InChI=1S/C19H19ClO6S/c1-11-15(21)17(26-19(27)25-14-9-7-12(20)8-10-14)16(22)18(23-11)24-13-5-3-2-4-6-13/h2-11,15-18,21-22H,1H3/t11-,15-,16+,17+,18-/m0/s1. The normalized spacial score (nSPS) is 27.6. The monoisotopic (exact) mass is 410 g/mol. The van der Waals surface area contributed by atoms with Gasteiger partial charge >= 0.3 is 5.24 Å². The lowest BCUT2D eigenvalue weighted by Gasteiger charge is -2.40. The van der Waals surface area contributed by atoms with Gasteiger partial charge in [0.2, 0.25) is 6.29 Å². The highest BCUT2D eigenvalue weighted by Gasteiger charge is 2.46. The third-order valence-corrected chi connectivity index (χ3v) is 4.46. The van der Waals surface area contributed by atoms with Crippen LogP contribution in [-0.2, 0) is 9.47 Å². The van der Waals surface area contributed by atoms with Crippen LogP contribution in [0.15, 0.2) is 54.6 Å². The number of hydrogen-bond donors (Lipinski definition) is 2. The van der Waals surface area contributed by atoms with Gasteiger partial charge in [0, 0.05) is 17.2 Å². The van der Waals surface area contributed by atoms with E-state index in [0.717, 1.165) is 0 Å².